The Morgan fingerprint density at radius 1 is 1.14 bits per heavy atom. The minimum atomic E-state index is -0.125. The number of hydrogen-bond acceptors (Lipinski definition) is 4. The highest BCUT2D eigenvalue weighted by molar-refractivity contribution is 5.31. The van der Waals surface area contributed by atoms with E-state index >= 15 is 0 Å². The molecule has 2 rings (SSSR count). The van der Waals surface area contributed by atoms with Crippen LogP contribution < -0.4 is 15.2 Å². The minimum absolute atomic E-state index is 0.122. The molecule has 112 valence electrons. The summed E-state index contributed by atoms with van der Waals surface area (Å²) in [5, 5.41) is 0. The van der Waals surface area contributed by atoms with Crippen LogP contribution in [0.3, 0.4) is 0 Å². The fraction of sp³-hybridized carbons (Fsp3) is 0.353. The molecule has 0 aliphatic heterocycles. The second-order valence-corrected chi connectivity index (χ2v) is 5.28. The largest absolute Gasteiger partial charge is 0.497 e. The second kappa shape index (κ2) is 7.09. The molecule has 4 heteroatoms. The van der Waals surface area contributed by atoms with Crippen molar-refractivity contribution in [3.8, 4) is 11.5 Å². The van der Waals surface area contributed by atoms with E-state index in [0.717, 1.165) is 29.0 Å². The van der Waals surface area contributed by atoms with Crippen molar-refractivity contribution in [1.29, 1.82) is 0 Å². The number of methoxy groups -OCH3 is 1. The Kier molecular flexibility index (Phi) is 5.17. The smallest absolute Gasteiger partial charge is 0.138 e. The third-order valence-corrected chi connectivity index (χ3v) is 3.12. The Balaban J connectivity index is 2.10. The van der Waals surface area contributed by atoms with Crippen LogP contribution in [0.25, 0.3) is 0 Å². The van der Waals surface area contributed by atoms with Crippen LogP contribution in [0, 0.1) is 0 Å². The summed E-state index contributed by atoms with van der Waals surface area (Å²) in [6.45, 7) is 3.98. The number of rotatable bonds is 6. The van der Waals surface area contributed by atoms with Gasteiger partial charge in [0.1, 0.15) is 11.5 Å². The highest BCUT2D eigenvalue weighted by Crippen LogP contribution is 2.22. The predicted octanol–water partition coefficient (Wildman–Crippen LogP) is 3.12. The number of pyridine rings is 1. The molecule has 0 amide bonds. The Hall–Kier alpha value is -2.07. The van der Waals surface area contributed by atoms with E-state index in [4.69, 9.17) is 15.2 Å². The standard InChI is InChI=1S/C17H22N2O2/c1-12(2)21-16-9-14(10-19-11-16)17(18)8-13-5-4-6-15(7-13)20-3/h4-7,9-12,17H,8,18H2,1-3H3. The van der Waals surface area contributed by atoms with Gasteiger partial charge in [0, 0.05) is 12.2 Å². The normalized spacial score (nSPS) is 12.2. The molecule has 0 radical (unpaired) electrons. The molecule has 0 saturated carbocycles. The summed E-state index contributed by atoms with van der Waals surface area (Å²) in [5.74, 6) is 1.60. The van der Waals surface area contributed by atoms with Gasteiger partial charge in [-0.05, 0) is 49.6 Å². The lowest BCUT2D eigenvalue weighted by atomic mass is 10.0. The molecule has 1 atom stereocenters. The average Bonchev–Trinajstić information content (AvgIpc) is 2.47. The van der Waals surface area contributed by atoms with Gasteiger partial charge in [-0.15, -0.1) is 0 Å². The SMILES string of the molecule is COc1cccc(CC(N)c2cncc(OC(C)C)c2)c1. The maximum absolute atomic E-state index is 6.28. The van der Waals surface area contributed by atoms with Crippen molar-refractivity contribution >= 4 is 0 Å². The van der Waals surface area contributed by atoms with E-state index in [1.165, 1.54) is 0 Å². The van der Waals surface area contributed by atoms with Crippen LogP contribution in [0.15, 0.2) is 42.7 Å². The molecule has 2 N–H and O–H groups in total. The van der Waals surface area contributed by atoms with Gasteiger partial charge >= 0.3 is 0 Å². The Bertz CT molecular complexity index is 585. The van der Waals surface area contributed by atoms with Gasteiger partial charge in [0.2, 0.25) is 0 Å². The van der Waals surface area contributed by atoms with Gasteiger partial charge in [0.15, 0.2) is 0 Å². The first-order valence-corrected chi connectivity index (χ1v) is 7.08. The molecular formula is C17H22N2O2. The maximum Gasteiger partial charge on any atom is 0.138 e. The summed E-state index contributed by atoms with van der Waals surface area (Å²) in [4.78, 5) is 4.20. The topological polar surface area (TPSA) is 57.4 Å². The zero-order chi connectivity index (χ0) is 15.2. The highest BCUT2D eigenvalue weighted by Gasteiger charge is 2.10. The number of ether oxygens (including phenoxy) is 2. The molecule has 1 unspecified atom stereocenters. The van der Waals surface area contributed by atoms with Crippen LogP contribution in [0.1, 0.15) is 31.0 Å². The summed E-state index contributed by atoms with van der Waals surface area (Å²) >= 11 is 0. The van der Waals surface area contributed by atoms with Crippen LogP contribution in [-0.2, 0) is 6.42 Å². The molecule has 0 spiro atoms. The van der Waals surface area contributed by atoms with Crippen molar-refractivity contribution in [3.63, 3.8) is 0 Å². The molecule has 1 aromatic heterocycles. The molecule has 1 heterocycles. The van der Waals surface area contributed by atoms with E-state index < -0.39 is 0 Å². The van der Waals surface area contributed by atoms with E-state index in [-0.39, 0.29) is 12.1 Å². The van der Waals surface area contributed by atoms with Gasteiger partial charge in [0.05, 0.1) is 19.4 Å². The number of nitrogens with zero attached hydrogens (tertiary/aromatic N) is 1. The van der Waals surface area contributed by atoms with E-state index in [9.17, 15) is 0 Å². The first kappa shape index (κ1) is 15.3. The van der Waals surface area contributed by atoms with Crippen molar-refractivity contribution in [2.75, 3.05) is 7.11 Å². The lowest BCUT2D eigenvalue weighted by Gasteiger charge is -2.15. The molecule has 0 bridgehead atoms. The summed E-state index contributed by atoms with van der Waals surface area (Å²) in [6.07, 6.45) is 4.35. The van der Waals surface area contributed by atoms with Crippen LogP contribution in [-0.4, -0.2) is 18.2 Å². The quantitative estimate of drug-likeness (QED) is 0.886. The van der Waals surface area contributed by atoms with Crippen LogP contribution in [0.4, 0.5) is 0 Å². The zero-order valence-electron chi connectivity index (χ0n) is 12.7. The van der Waals surface area contributed by atoms with E-state index in [2.05, 4.69) is 4.98 Å². The molecule has 21 heavy (non-hydrogen) atoms. The number of aromatic nitrogens is 1. The van der Waals surface area contributed by atoms with Crippen LogP contribution in [0.2, 0.25) is 0 Å². The van der Waals surface area contributed by atoms with Crippen molar-refractivity contribution in [1.82, 2.24) is 4.98 Å². The third-order valence-electron chi connectivity index (χ3n) is 3.12. The van der Waals surface area contributed by atoms with Gasteiger partial charge in [-0.1, -0.05) is 12.1 Å². The monoisotopic (exact) mass is 286 g/mol. The molecule has 2 aromatic rings. The summed E-state index contributed by atoms with van der Waals surface area (Å²) < 4.78 is 10.9. The van der Waals surface area contributed by atoms with Gasteiger partial charge in [-0.3, -0.25) is 4.98 Å². The van der Waals surface area contributed by atoms with E-state index in [1.54, 1.807) is 19.5 Å². The van der Waals surface area contributed by atoms with Crippen LogP contribution in [0.5, 0.6) is 11.5 Å². The predicted molar refractivity (Wildman–Crippen MR) is 83.6 cm³/mol. The molecule has 0 aliphatic rings. The first-order valence-electron chi connectivity index (χ1n) is 7.08. The Morgan fingerprint density at radius 3 is 2.67 bits per heavy atom. The zero-order valence-corrected chi connectivity index (χ0v) is 12.7. The lowest BCUT2D eigenvalue weighted by molar-refractivity contribution is 0.241. The second-order valence-electron chi connectivity index (χ2n) is 5.28. The molecule has 0 saturated heterocycles. The fourth-order valence-electron chi connectivity index (χ4n) is 2.15. The summed E-state index contributed by atoms with van der Waals surface area (Å²) in [5.41, 5.74) is 8.39. The molecule has 0 fully saturated rings. The molecule has 4 nitrogen and oxygen atoms in total. The van der Waals surface area contributed by atoms with E-state index in [0.29, 0.717) is 0 Å². The molecule has 1 aromatic carbocycles. The average molecular weight is 286 g/mol. The van der Waals surface area contributed by atoms with Gasteiger partial charge in [0.25, 0.3) is 0 Å². The van der Waals surface area contributed by atoms with Gasteiger partial charge < -0.3 is 15.2 Å². The number of hydrogen-bond donors (Lipinski definition) is 1. The summed E-state index contributed by atoms with van der Waals surface area (Å²) in [6, 6.07) is 9.77. The molecule has 0 aliphatic carbocycles. The Labute approximate surface area is 125 Å². The van der Waals surface area contributed by atoms with Crippen molar-refractivity contribution in [3.05, 3.63) is 53.9 Å². The number of nitrogens with two attached hydrogens (primary N) is 1. The first-order chi connectivity index (χ1) is 10.1. The van der Waals surface area contributed by atoms with Gasteiger partial charge in [-0.25, -0.2) is 0 Å². The molecular weight excluding hydrogens is 264 g/mol. The third kappa shape index (κ3) is 4.46. The Morgan fingerprint density at radius 2 is 1.95 bits per heavy atom. The van der Waals surface area contributed by atoms with E-state index in [1.807, 2.05) is 44.2 Å². The lowest BCUT2D eigenvalue weighted by Crippen LogP contribution is -2.14. The van der Waals surface area contributed by atoms with Crippen LogP contribution >= 0.6 is 0 Å². The highest BCUT2D eigenvalue weighted by atomic mass is 16.5. The summed E-state index contributed by atoms with van der Waals surface area (Å²) in [7, 11) is 1.66. The van der Waals surface area contributed by atoms with Crippen molar-refractivity contribution in [2.24, 2.45) is 5.73 Å². The van der Waals surface area contributed by atoms with Gasteiger partial charge in [-0.2, -0.15) is 0 Å². The maximum atomic E-state index is 6.28. The fourth-order valence-corrected chi connectivity index (χ4v) is 2.15. The minimum Gasteiger partial charge on any atom is -0.497 e. The van der Waals surface area contributed by atoms with Crippen molar-refractivity contribution in [2.45, 2.75) is 32.4 Å². The van der Waals surface area contributed by atoms with Crippen molar-refractivity contribution < 1.29 is 9.47 Å². The number of benzene rings is 1.